The number of hydrogen-bond acceptors (Lipinski definition) is 1. The van der Waals surface area contributed by atoms with Gasteiger partial charge in [0.25, 0.3) is 0 Å². The zero-order chi connectivity index (χ0) is 7.40. The predicted octanol–water partition coefficient (Wildman–Crippen LogP) is 2.08. The standard InChI is InChI=1S/C9H15N/c1-8(5-6-10-2)7-9-3-4-9/h5-7,9-10H,3-4H2,1-2H3/b6-5-,8-7-. The summed E-state index contributed by atoms with van der Waals surface area (Å²) in [7, 11) is 1.92. The van der Waals surface area contributed by atoms with Gasteiger partial charge in [-0.25, -0.2) is 0 Å². The highest BCUT2D eigenvalue weighted by atomic mass is 14.8. The fourth-order valence-electron chi connectivity index (χ4n) is 0.905. The molecule has 0 bridgehead atoms. The zero-order valence-electron chi connectivity index (χ0n) is 6.72. The second-order valence-corrected chi connectivity index (χ2v) is 2.87. The third kappa shape index (κ3) is 2.72. The molecule has 0 heterocycles. The second-order valence-electron chi connectivity index (χ2n) is 2.87. The van der Waals surface area contributed by atoms with E-state index in [1.165, 1.54) is 18.4 Å². The molecule has 0 aliphatic heterocycles. The summed E-state index contributed by atoms with van der Waals surface area (Å²) in [4.78, 5) is 0. The summed E-state index contributed by atoms with van der Waals surface area (Å²) in [6, 6.07) is 0. The van der Waals surface area contributed by atoms with E-state index >= 15 is 0 Å². The van der Waals surface area contributed by atoms with Crippen molar-refractivity contribution in [3.8, 4) is 0 Å². The first kappa shape index (κ1) is 7.39. The van der Waals surface area contributed by atoms with Crippen LogP contribution in [0.1, 0.15) is 19.8 Å². The van der Waals surface area contributed by atoms with Crippen LogP contribution in [-0.4, -0.2) is 7.05 Å². The van der Waals surface area contributed by atoms with Crippen LogP contribution in [0.2, 0.25) is 0 Å². The summed E-state index contributed by atoms with van der Waals surface area (Å²) in [5.74, 6) is 0.890. The first-order valence-electron chi connectivity index (χ1n) is 3.85. The van der Waals surface area contributed by atoms with Gasteiger partial charge in [0.05, 0.1) is 0 Å². The van der Waals surface area contributed by atoms with Crippen molar-refractivity contribution in [3.63, 3.8) is 0 Å². The lowest BCUT2D eigenvalue weighted by Crippen LogP contribution is -1.90. The maximum absolute atomic E-state index is 2.97. The molecule has 0 aromatic heterocycles. The van der Waals surface area contributed by atoms with Crippen molar-refractivity contribution in [2.24, 2.45) is 5.92 Å². The van der Waals surface area contributed by atoms with Crippen LogP contribution in [0.4, 0.5) is 0 Å². The smallest absolute Gasteiger partial charge is 0.00277 e. The minimum absolute atomic E-state index is 0.890. The number of nitrogens with one attached hydrogen (secondary N) is 1. The fourth-order valence-corrected chi connectivity index (χ4v) is 0.905. The average molecular weight is 137 g/mol. The molecular formula is C9H15N. The number of rotatable bonds is 3. The fraction of sp³-hybridized carbons (Fsp3) is 0.556. The lowest BCUT2D eigenvalue weighted by molar-refractivity contribution is 1.08. The minimum Gasteiger partial charge on any atom is -0.394 e. The van der Waals surface area contributed by atoms with Crippen molar-refractivity contribution in [3.05, 3.63) is 23.9 Å². The largest absolute Gasteiger partial charge is 0.394 e. The summed E-state index contributed by atoms with van der Waals surface area (Å²) < 4.78 is 0. The molecule has 0 unspecified atom stereocenters. The molecule has 1 rings (SSSR count). The summed E-state index contributed by atoms with van der Waals surface area (Å²) in [5.41, 5.74) is 1.37. The molecule has 1 fully saturated rings. The molecule has 1 saturated carbocycles. The molecule has 10 heavy (non-hydrogen) atoms. The van der Waals surface area contributed by atoms with Gasteiger partial charge in [-0.2, -0.15) is 0 Å². The molecule has 0 aromatic carbocycles. The van der Waals surface area contributed by atoms with Gasteiger partial charge in [0.2, 0.25) is 0 Å². The Kier molecular flexibility index (Phi) is 2.55. The van der Waals surface area contributed by atoms with Gasteiger partial charge >= 0.3 is 0 Å². The molecule has 1 N–H and O–H groups in total. The Morgan fingerprint density at radius 3 is 2.70 bits per heavy atom. The summed E-state index contributed by atoms with van der Waals surface area (Å²) in [6.45, 7) is 2.14. The SMILES string of the molecule is CN/C=C\C(C)=C/C1CC1. The molecule has 1 aliphatic rings. The molecular weight excluding hydrogens is 122 g/mol. The van der Waals surface area contributed by atoms with Crippen LogP contribution in [0.15, 0.2) is 23.9 Å². The molecule has 1 aliphatic carbocycles. The normalized spacial score (nSPS) is 20.0. The van der Waals surface area contributed by atoms with Crippen molar-refractivity contribution in [2.75, 3.05) is 7.05 Å². The third-order valence-electron chi connectivity index (χ3n) is 1.63. The minimum atomic E-state index is 0.890. The monoisotopic (exact) mass is 137 g/mol. The molecule has 56 valence electrons. The highest BCUT2D eigenvalue weighted by Crippen LogP contribution is 2.31. The van der Waals surface area contributed by atoms with Gasteiger partial charge in [-0.3, -0.25) is 0 Å². The lowest BCUT2D eigenvalue weighted by Gasteiger charge is -1.89. The van der Waals surface area contributed by atoms with Gasteiger partial charge in [-0.1, -0.05) is 11.6 Å². The molecule has 0 amide bonds. The van der Waals surface area contributed by atoms with E-state index in [9.17, 15) is 0 Å². The third-order valence-corrected chi connectivity index (χ3v) is 1.63. The molecule has 1 nitrogen and oxygen atoms in total. The quantitative estimate of drug-likeness (QED) is 0.587. The van der Waals surface area contributed by atoms with E-state index in [4.69, 9.17) is 0 Å². The Bertz CT molecular complexity index is 152. The Morgan fingerprint density at radius 2 is 2.20 bits per heavy atom. The molecule has 0 aromatic rings. The molecule has 0 spiro atoms. The highest BCUT2D eigenvalue weighted by molar-refractivity contribution is 5.18. The van der Waals surface area contributed by atoms with Crippen molar-refractivity contribution in [2.45, 2.75) is 19.8 Å². The predicted molar refractivity (Wildman–Crippen MR) is 44.7 cm³/mol. The first-order valence-corrected chi connectivity index (χ1v) is 3.85. The molecule has 0 radical (unpaired) electrons. The van der Waals surface area contributed by atoms with Crippen molar-refractivity contribution >= 4 is 0 Å². The van der Waals surface area contributed by atoms with Crippen LogP contribution < -0.4 is 5.32 Å². The van der Waals surface area contributed by atoms with Crippen molar-refractivity contribution < 1.29 is 0 Å². The van der Waals surface area contributed by atoms with Crippen LogP contribution in [0.5, 0.6) is 0 Å². The van der Waals surface area contributed by atoms with Gasteiger partial charge in [0.15, 0.2) is 0 Å². The van der Waals surface area contributed by atoms with Crippen molar-refractivity contribution in [1.29, 1.82) is 0 Å². The van der Waals surface area contributed by atoms with Gasteiger partial charge < -0.3 is 5.32 Å². The maximum Gasteiger partial charge on any atom is 0.00277 e. The van der Waals surface area contributed by atoms with Gasteiger partial charge in [0, 0.05) is 7.05 Å². The van der Waals surface area contributed by atoms with E-state index in [0.29, 0.717) is 0 Å². The first-order chi connectivity index (χ1) is 4.83. The Hall–Kier alpha value is -0.720. The Morgan fingerprint density at radius 1 is 1.50 bits per heavy atom. The Balaban J connectivity index is 2.30. The van der Waals surface area contributed by atoms with Gasteiger partial charge in [-0.15, -0.1) is 0 Å². The van der Waals surface area contributed by atoms with Crippen molar-refractivity contribution in [1.82, 2.24) is 5.32 Å². The molecule has 0 atom stereocenters. The average Bonchev–Trinajstić information content (AvgIpc) is 2.67. The van der Waals surface area contributed by atoms with E-state index in [0.717, 1.165) is 5.92 Å². The number of hydrogen-bond donors (Lipinski definition) is 1. The lowest BCUT2D eigenvalue weighted by atomic mass is 10.2. The molecule has 0 saturated heterocycles. The van der Waals surface area contributed by atoms with Crippen LogP contribution >= 0.6 is 0 Å². The van der Waals surface area contributed by atoms with Crippen LogP contribution in [0, 0.1) is 5.92 Å². The van der Waals surface area contributed by atoms with Gasteiger partial charge in [0.1, 0.15) is 0 Å². The molecule has 1 heteroatoms. The van der Waals surface area contributed by atoms with Crippen LogP contribution in [-0.2, 0) is 0 Å². The van der Waals surface area contributed by atoms with E-state index in [1.807, 2.05) is 13.2 Å². The summed E-state index contributed by atoms with van der Waals surface area (Å²) in [6.07, 6.45) is 9.20. The van der Waals surface area contributed by atoms with Crippen LogP contribution in [0.25, 0.3) is 0 Å². The van der Waals surface area contributed by atoms with E-state index in [-0.39, 0.29) is 0 Å². The van der Waals surface area contributed by atoms with E-state index < -0.39 is 0 Å². The van der Waals surface area contributed by atoms with Gasteiger partial charge in [-0.05, 0) is 38.0 Å². The second kappa shape index (κ2) is 3.45. The highest BCUT2D eigenvalue weighted by Gasteiger charge is 2.17. The van der Waals surface area contributed by atoms with E-state index in [1.54, 1.807) is 0 Å². The van der Waals surface area contributed by atoms with E-state index in [2.05, 4.69) is 24.4 Å². The summed E-state index contributed by atoms with van der Waals surface area (Å²) >= 11 is 0. The maximum atomic E-state index is 2.97. The summed E-state index contributed by atoms with van der Waals surface area (Å²) in [5, 5.41) is 2.97. The number of allylic oxidation sites excluding steroid dienone is 3. The Labute approximate surface area is 62.8 Å². The zero-order valence-corrected chi connectivity index (χ0v) is 6.72. The van der Waals surface area contributed by atoms with Crippen LogP contribution in [0.3, 0.4) is 0 Å². The topological polar surface area (TPSA) is 12.0 Å².